The molecule has 0 aliphatic rings. The Hall–Kier alpha value is -1.01. The van der Waals surface area contributed by atoms with Crippen molar-refractivity contribution in [3.05, 3.63) is 22.8 Å². The Kier molecular flexibility index (Phi) is 5.87. The third-order valence-electron chi connectivity index (χ3n) is 2.44. The molecule has 0 saturated heterocycles. The molecule has 7 heteroatoms. The summed E-state index contributed by atoms with van der Waals surface area (Å²) in [4.78, 5) is 5.41. The van der Waals surface area contributed by atoms with Crippen molar-refractivity contribution < 1.29 is 13.2 Å². The lowest BCUT2D eigenvalue weighted by atomic mass is 10.3. The highest BCUT2D eigenvalue weighted by Gasteiger charge is 2.31. The second kappa shape index (κ2) is 6.96. The number of anilines is 1. The average molecular weight is 296 g/mol. The van der Waals surface area contributed by atoms with Gasteiger partial charge in [0, 0.05) is 13.1 Å². The molecule has 0 bridgehead atoms. The van der Waals surface area contributed by atoms with E-state index in [0.29, 0.717) is 36.0 Å². The number of pyridine rings is 1. The summed E-state index contributed by atoms with van der Waals surface area (Å²) in [5.74, 6) is 0.300. The van der Waals surface area contributed by atoms with Crippen LogP contribution in [0.5, 0.6) is 0 Å². The first-order valence-electron chi connectivity index (χ1n) is 5.99. The highest BCUT2D eigenvalue weighted by Crippen LogP contribution is 2.23. The van der Waals surface area contributed by atoms with E-state index in [4.69, 9.17) is 11.6 Å². The first-order valence-corrected chi connectivity index (χ1v) is 6.37. The molecule has 1 heterocycles. The fourth-order valence-electron chi connectivity index (χ4n) is 1.70. The van der Waals surface area contributed by atoms with E-state index in [1.165, 1.54) is 11.0 Å². The molecule has 1 rings (SSSR count). The van der Waals surface area contributed by atoms with Crippen molar-refractivity contribution in [3.63, 3.8) is 0 Å². The van der Waals surface area contributed by atoms with Crippen LogP contribution in [0.15, 0.2) is 12.1 Å². The second-order valence-electron chi connectivity index (χ2n) is 4.17. The third kappa shape index (κ3) is 5.24. The number of halogens is 4. The highest BCUT2D eigenvalue weighted by atomic mass is 35.5. The molecule has 3 nitrogen and oxygen atoms in total. The van der Waals surface area contributed by atoms with Crippen molar-refractivity contribution in [2.45, 2.75) is 26.1 Å². The van der Waals surface area contributed by atoms with Gasteiger partial charge in [0.15, 0.2) is 0 Å². The largest absolute Gasteiger partial charge is 0.405 e. The Labute approximate surface area is 115 Å². The third-order valence-corrected chi connectivity index (χ3v) is 2.78. The van der Waals surface area contributed by atoms with Crippen molar-refractivity contribution in [2.75, 3.05) is 25.0 Å². The molecule has 0 atom stereocenters. The van der Waals surface area contributed by atoms with Crippen molar-refractivity contribution in [1.29, 1.82) is 0 Å². The van der Waals surface area contributed by atoms with Gasteiger partial charge in [0.2, 0.25) is 0 Å². The summed E-state index contributed by atoms with van der Waals surface area (Å²) in [6.07, 6.45) is -3.64. The number of nitrogens with zero attached hydrogens (tertiary/aromatic N) is 2. The van der Waals surface area contributed by atoms with Gasteiger partial charge in [-0.15, -0.1) is 0 Å². The Bertz CT molecular complexity index is 410. The lowest BCUT2D eigenvalue weighted by molar-refractivity contribution is -0.119. The number of hydrogen-bond donors (Lipinski definition) is 1. The van der Waals surface area contributed by atoms with E-state index in [0.717, 1.165) is 0 Å². The Balaban J connectivity index is 2.98. The van der Waals surface area contributed by atoms with Gasteiger partial charge in [0.25, 0.3) is 0 Å². The van der Waals surface area contributed by atoms with Crippen LogP contribution in [0.25, 0.3) is 0 Å². The second-order valence-corrected chi connectivity index (χ2v) is 4.57. The molecule has 0 saturated carbocycles. The smallest absolute Gasteiger partial charge is 0.348 e. The predicted molar refractivity (Wildman–Crippen MR) is 70.6 cm³/mol. The Morgan fingerprint density at radius 1 is 1.37 bits per heavy atom. The maximum Gasteiger partial charge on any atom is 0.405 e. The molecule has 0 radical (unpaired) electrons. The maximum absolute atomic E-state index is 12.5. The lowest BCUT2D eigenvalue weighted by Crippen LogP contribution is -2.35. The normalized spacial score (nSPS) is 11.7. The summed E-state index contributed by atoms with van der Waals surface area (Å²) < 4.78 is 37.6. The van der Waals surface area contributed by atoms with E-state index in [2.05, 4.69) is 10.3 Å². The SMILES string of the molecule is CCCN(CC(F)(F)F)c1ccc(Cl)c(CNC)n1. The number of aromatic nitrogens is 1. The van der Waals surface area contributed by atoms with E-state index in [1.807, 2.05) is 6.92 Å². The molecule has 0 aromatic carbocycles. The minimum Gasteiger partial charge on any atom is -0.348 e. The first-order chi connectivity index (χ1) is 8.87. The van der Waals surface area contributed by atoms with E-state index in [1.54, 1.807) is 13.1 Å². The minimum absolute atomic E-state index is 0.299. The molecular formula is C12H17ClF3N3. The minimum atomic E-state index is -4.25. The van der Waals surface area contributed by atoms with Crippen LogP contribution in [-0.4, -0.2) is 31.3 Å². The van der Waals surface area contributed by atoms with Crippen LogP contribution in [0.3, 0.4) is 0 Å². The van der Waals surface area contributed by atoms with Gasteiger partial charge in [-0.1, -0.05) is 18.5 Å². The summed E-state index contributed by atoms with van der Waals surface area (Å²) in [6.45, 7) is 1.54. The maximum atomic E-state index is 12.5. The number of hydrogen-bond acceptors (Lipinski definition) is 3. The van der Waals surface area contributed by atoms with Gasteiger partial charge in [-0.25, -0.2) is 4.98 Å². The molecule has 1 N–H and O–H groups in total. The van der Waals surface area contributed by atoms with Gasteiger partial charge in [0.1, 0.15) is 12.4 Å². The lowest BCUT2D eigenvalue weighted by Gasteiger charge is -2.25. The van der Waals surface area contributed by atoms with Crippen molar-refractivity contribution in [1.82, 2.24) is 10.3 Å². The van der Waals surface area contributed by atoms with Crippen LogP contribution < -0.4 is 10.2 Å². The fourth-order valence-corrected chi connectivity index (χ4v) is 1.87. The van der Waals surface area contributed by atoms with Gasteiger partial charge in [0.05, 0.1) is 10.7 Å². The number of rotatable bonds is 6. The first kappa shape index (κ1) is 16.0. The molecule has 0 amide bonds. The van der Waals surface area contributed by atoms with Crippen molar-refractivity contribution in [3.8, 4) is 0 Å². The monoisotopic (exact) mass is 295 g/mol. The molecule has 0 aliphatic heterocycles. The summed E-state index contributed by atoms with van der Waals surface area (Å²) in [7, 11) is 1.73. The zero-order valence-corrected chi connectivity index (χ0v) is 11.6. The van der Waals surface area contributed by atoms with Crippen molar-refractivity contribution in [2.24, 2.45) is 0 Å². The summed E-state index contributed by atoms with van der Waals surface area (Å²) in [5.41, 5.74) is 0.546. The Morgan fingerprint density at radius 3 is 2.58 bits per heavy atom. The molecule has 0 aliphatic carbocycles. The molecular weight excluding hydrogens is 279 g/mol. The molecule has 0 fully saturated rings. The van der Waals surface area contributed by atoms with E-state index < -0.39 is 12.7 Å². The Morgan fingerprint density at radius 2 is 2.05 bits per heavy atom. The van der Waals surface area contributed by atoms with Gasteiger partial charge < -0.3 is 10.2 Å². The van der Waals surface area contributed by atoms with Gasteiger partial charge in [-0.3, -0.25) is 0 Å². The topological polar surface area (TPSA) is 28.2 Å². The summed E-state index contributed by atoms with van der Waals surface area (Å²) in [6, 6.07) is 3.10. The molecule has 1 aromatic rings. The molecule has 108 valence electrons. The number of nitrogens with one attached hydrogen (secondary N) is 1. The van der Waals surface area contributed by atoms with Gasteiger partial charge >= 0.3 is 6.18 Å². The van der Waals surface area contributed by atoms with E-state index >= 15 is 0 Å². The van der Waals surface area contributed by atoms with Crippen LogP contribution >= 0.6 is 11.6 Å². The zero-order chi connectivity index (χ0) is 14.5. The quantitative estimate of drug-likeness (QED) is 0.873. The van der Waals surface area contributed by atoms with Crippen LogP contribution in [0.2, 0.25) is 5.02 Å². The number of alkyl halides is 3. The van der Waals surface area contributed by atoms with Gasteiger partial charge in [-0.2, -0.15) is 13.2 Å². The van der Waals surface area contributed by atoms with Crippen LogP contribution in [0.1, 0.15) is 19.0 Å². The molecule has 19 heavy (non-hydrogen) atoms. The van der Waals surface area contributed by atoms with E-state index in [-0.39, 0.29) is 0 Å². The van der Waals surface area contributed by atoms with E-state index in [9.17, 15) is 13.2 Å². The van der Waals surface area contributed by atoms with Gasteiger partial charge in [-0.05, 0) is 25.6 Å². The highest BCUT2D eigenvalue weighted by molar-refractivity contribution is 6.31. The molecule has 0 spiro atoms. The average Bonchev–Trinajstić information content (AvgIpc) is 2.30. The summed E-state index contributed by atoms with van der Waals surface area (Å²) >= 11 is 5.95. The fraction of sp³-hybridized carbons (Fsp3) is 0.583. The molecule has 1 aromatic heterocycles. The predicted octanol–water partition coefficient (Wildman–Crippen LogP) is 3.23. The standard InChI is InChI=1S/C12H17ClF3N3/c1-3-6-19(8-12(14,15)16)11-5-4-9(13)10(18-11)7-17-2/h4-5,17H,3,6-8H2,1-2H3. The van der Waals surface area contributed by atoms with Crippen LogP contribution in [-0.2, 0) is 6.54 Å². The zero-order valence-electron chi connectivity index (χ0n) is 10.9. The van der Waals surface area contributed by atoms with Crippen molar-refractivity contribution >= 4 is 17.4 Å². The molecule has 0 unspecified atom stereocenters. The van der Waals surface area contributed by atoms with Crippen LogP contribution in [0, 0.1) is 0 Å². The summed E-state index contributed by atoms with van der Waals surface area (Å²) in [5, 5.41) is 3.33. The van der Waals surface area contributed by atoms with Crippen LogP contribution in [0.4, 0.5) is 19.0 Å².